The molecule has 0 aliphatic carbocycles. The topological polar surface area (TPSA) is 89.8 Å². The van der Waals surface area contributed by atoms with E-state index in [-0.39, 0.29) is 30.9 Å². The lowest BCUT2D eigenvalue weighted by atomic mass is 10.1. The summed E-state index contributed by atoms with van der Waals surface area (Å²) in [7, 11) is 0. The molecule has 9 heteroatoms. The average molecular weight is 432 g/mol. The number of allylic oxidation sites excluding steroid dienone is 1. The zero-order valence-electron chi connectivity index (χ0n) is 16.6. The van der Waals surface area contributed by atoms with Gasteiger partial charge in [-0.1, -0.05) is 11.6 Å². The second-order valence-corrected chi connectivity index (χ2v) is 7.92. The first kappa shape index (κ1) is 20.6. The van der Waals surface area contributed by atoms with Crippen LogP contribution in [0.15, 0.2) is 45.8 Å². The number of amides is 1. The zero-order valence-corrected chi connectivity index (χ0v) is 17.4. The van der Waals surface area contributed by atoms with Crippen molar-refractivity contribution in [1.29, 1.82) is 5.41 Å². The highest BCUT2D eigenvalue weighted by Crippen LogP contribution is 2.27. The molecule has 1 aromatic rings. The van der Waals surface area contributed by atoms with Gasteiger partial charge in [-0.15, -0.1) is 0 Å². The van der Waals surface area contributed by atoms with E-state index in [0.29, 0.717) is 33.4 Å². The molecule has 4 rings (SSSR count). The number of halogens is 2. The van der Waals surface area contributed by atoms with E-state index in [1.54, 1.807) is 18.0 Å². The van der Waals surface area contributed by atoms with Gasteiger partial charge in [0.1, 0.15) is 23.5 Å². The first-order chi connectivity index (χ1) is 14.4. The molecule has 0 bridgehead atoms. The number of rotatable bonds is 3. The van der Waals surface area contributed by atoms with Gasteiger partial charge in [0.25, 0.3) is 5.91 Å². The third-order valence-electron chi connectivity index (χ3n) is 5.35. The maximum atomic E-state index is 13.9. The third kappa shape index (κ3) is 4.24. The number of piperidine rings is 1. The minimum absolute atomic E-state index is 0.0607. The Balaban J connectivity index is 1.56. The monoisotopic (exact) mass is 431 g/mol. The minimum Gasteiger partial charge on any atom is -0.489 e. The summed E-state index contributed by atoms with van der Waals surface area (Å²) in [6.07, 6.45) is 3.16. The van der Waals surface area contributed by atoms with Crippen molar-refractivity contribution in [2.45, 2.75) is 25.9 Å². The molecule has 2 fully saturated rings. The quantitative estimate of drug-likeness (QED) is 0.686. The predicted molar refractivity (Wildman–Crippen MR) is 114 cm³/mol. The van der Waals surface area contributed by atoms with Gasteiger partial charge in [-0.05, 0) is 45.0 Å². The van der Waals surface area contributed by atoms with Crippen molar-refractivity contribution in [2.75, 3.05) is 26.2 Å². The maximum absolute atomic E-state index is 13.9. The fourth-order valence-corrected chi connectivity index (χ4v) is 3.76. The number of ether oxygens (including phenoxy) is 1. The Labute approximate surface area is 179 Å². The Morgan fingerprint density at radius 1 is 1.33 bits per heavy atom. The third-order valence-corrected chi connectivity index (χ3v) is 5.73. The molecule has 3 heterocycles. The molecular formula is C21H23ClFN5O2. The van der Waals surface area contributed by atoms with Gasteiger partial charge in [0.2, 0.25) is 0 Å². The molecule has 0 atom stereocenters. The number of hydrogen-bond acceptors (Lipinski definition) is 6. The Hall–Kier alpha value is -2.71. The largest absolute Gasteiger partial charge is 0.489 e. The van der Waals surface area contributed by atoms with E-state index in [1.807, 2.05) is 0 Å². The van der Waals surface area contributed by atoms with Crippen LogP contribution >= 0.6 is 11.6 Å². The standard InChI is InChI=1S/C21H23ClFN5O2/c1-12-17(22)9-26-20(27-12)16-10-28(11-18(16)24)21(29)15-3-2-13(23)8-19(15)30-14-4-6-25-7-5-14/h2-3,8-9,14,24-26H,4-7,10-11H2,1H3/b20-16+,24-18?. The summed E-state index contributed by atoms with van der Waals surface area (Å²) in [5, 5.41) is 15.1. The number of likely N-dealkylation sites (tertiary alicyclic amines) is 1. The van der Waals surface area contributed by atoms with Crippen LogP contribution in [0.1, 0.15) is 30.1 Å². The first-order valence-electron chi connectivity index (χ1n) is 9.87. The van der Waals surface area contributed by atoms with Crippen LogP contribution < -0.4 is 15.4 Å². The molecule has 2 saturated heterocycles. The second-order valence-electron chi connectivity index (χ2n) is 7.51. The molecule has 0 unspecified atom stereocenters. The smallest absolute Gasteiger partial charge is 0.258 e. The molecule has 0 spiro atoms. The van der Waals surface area contributed by atoms with Crippen molar-refractivity contribution in [2.24, 2.45) is 4.99 Å². The minimum atomic E-state index is -0.452. The van der Waals surface area contributed by atoms with Crippen molar-refractivity contribution >= 4 is 28.9 Å². The van der Waals surface area contributed by atoms with E-state index in [4.69, 9.17) is 21.7 Å². The van der Waals surface area contributed by atoms with Crippen LogP contribution in [0.4, 0.5) is 4.39 Å². The maximum Gasteiger partial charge on any atom is 0.258 e. The van der Waals surface area contributed by atoms with Crippen LogP contribution in [0.3, 0.4) is 0 Å². The summed E-state index contributed by atoms with van der Waals surface area (Å²) in [5.74, 6) is 0.0121. The molecule has 30 heavy (non-hydrogen) atoms. The van der Waals surface area contributed by atoms with E-state index in [2.05, 4.69) is 15.6 Å². The van der Waals surface area contributed by atoms with Crippen LogP contribution in [0.2, 0.25) is 0 Å². The number of carbonyl (C=O) groups is 1. The number of benzene rings is 1. The number of aliphatic imine (C=N–C) groups is 1. The number of hydrogen-bond donors (Lipinski definition) is 3. The van der Waals surface area contributed by atoms with Crippen LogP contribution in [-0.2, 0) is 0 Å². The van der Waals surface area contributed by atoms with E-state index in [0.717, 1.165) is 25.9 Å². The molecule has 0 saturated carbocycles. The molecule has 3 aliphatic heterocycles. The Bertz CT molecular complexity index is 982. The van der Waals surface area contributed by atoms with Crippen molar-refractivity contribution in [3.05, 3.63) is 52.2 Å². The lowest BCUT2D eigenvalue weighted by Crippen LogP contribution is -2.35. The highest BCUT2D eigenvalue weighted by molar-refractivity contribution is 6.43. The van der Waals surface area contributed by atoms with Crippen molar-refractivity contribution in [3.8, 4) is 5.75 Å². The van der Waals surface area contributed by atoms with Gasteiger partial charge in [0, 0.05) is 17.8 Å². The summed E-state index contributed by atoms with van der Waals surface area (Å²) in [6.45, 7) is 3.82. The Morgan fingerprint density at radius 3 is 2.83 bits per heavy atom. The summed E-state index contributed by atoms with van der Waals surface area (Å²) in [4.78, 5) is 19.1. The molecule has 3 aliphatic rings. The van der Waals surface area contributed by atoms with Gasteiger partial charge >= 0.3 is 0 Å². The number of nitrogens with zero attached hydrogens (tertiary/aromatic N) is 2. The van der Waals surface area contributed by atoms with Gasteiger partial charge in [0.05, 0.1) is 35.1 Å². The summed E-state index contributed by atoms with van der Waals surface area (Å²) in [6, 6.07) is 3.97. The van der Waals surface area contributed by atoms with Gasteiger partial charge < -0.3 is 25.7 Å². The van der Waals surface area contributed by atoms with E-state index in [1.165, 1.54) is 18.2 Å². The van der Waals surface area contributed by atoms with Crippen molar-refractivity contribution in [1.82, 2.24) is 15.5 Å². The summed E-state index contributed by atoms with van der Waals surface area (Å²) >= 11 is 6.02. The highest BCUT2D eigenvalue weighted by Gasteiger charge is 2.32. The normalized spacial score (nSPS) is 22.5. The molecule has 0 aromatic heterocycles. The SMILES string of the molecule is CC1=N/C(=C2\CN(C(=O)c3ccc(F)cc3OC3CCNCC3)CC2=N)NC=C1Cl. The Morgan fingerprint density at radius 2 is 2.10 bits per heavy atom. The van der Waals surface area contributed by atoms with Gasteiger partial charge in [-0.2, -0.15) is 0 Å². The molecule has 3 N–H and O–H groups in total. The fourth-order valence-electron chi connectivity index (χ4n) is 3.67. The molecule has 1 aromatic carbocycles. The van der Waals surface area contributed by atoms with Crippen molar-refractivity contribution < 1.29 is 13.9 Å². The van der Waals surface area contributed by atoms with Crippen LogP contribution in [0, 0.1) is 11.2 Å². The number of nitrogens with one attached hydrogen (secondary N) is 3. The Kier molecular flexibility index (Phi) is 5.87. The highest BCUT2D eigenvalue weighted by atomic mass is 35.5. The van der Waals surface area contributed by atoms with Crippen LogP contribution in [-0.4, -0.2) is 54.5 Å². The van der Waals surface area contributed by atoms with Gasteiger partial charge in [-0.25, -0.2) is 9.38 Å². The molecule has 0 radical (unpaired) electrons. The van der Waals surface area contributed by atoms with Gasteiger partial charge in [0.15, 0.2) is 0 Å². The molecule has 7 nitrogen and oxygen atoms in total. The second kappa shape index (κ2) is 8.57. The summed E-state index contributed by atoms with van der Waals surface area (Å²) < 4.78 is 19.9. The van der Waals surface area contributed by atoms with Crippen LogP contribution in [0.5, 0.6) is 5.75 Å². The lowest BCUT2D eigenvalue weighted by Gasteiger charge is -2.25. The molecule has 1 amide bonds. The first-order valence-corrected chi connectivity index (χ1v) is 10.2. The zero-order chi connectivity index (χ0) is 21.3. The van der Waals surface area contributed by atoms with Crippen molar-refractivity contribution in [3.63, 3.8) is 0 Å². The lowest BCUT2D eigenvalue weighted by molar-refractivity contribution is 0.0793. The summed E-state index contributed by atoms with van der Waals surface area (Å²) in [5.41, 5.74) is 1.88. The molecule has 158 valence electrons. The van der Waals surface area contributed by atoms with E-state index < -0.39 is 5.82 Å². The predicted octanol–water partition coefficient (Wildman–Crippen LogP) is 2.79. The van der Waals surface area contributed by atoms with E-state index in [9.17, 15) is 9.18 Å². The van der Waals surface area contributed by atoms with Gasteiger partial charge in [-0.3, -0.25) is 4.79 Å². The van der Waals surface area contributed by atoms with E-state index >= 15 is 0 Å². The average Bonchev–Trinajstić information content (AvgIpc) is 3.12. The fraction of sp³-hybridized carbons (Fsp3) is 0.381. The number of carbonyl (C=O) groups excluding carboxylic acids is 1. The van der Waals surface area contributed by atoms with Crippen LogP contribution in [0.25, 0.3) is 0 Å². The molecular weight excluding hydrogens is 409 g/mol.